The van der Waals surface area contributed by atoms with Gasteiger partial charge in [-0.05, 0) is 80.6 Å². The van der Waals surface area contributed by atoms with Crippen LogP contribution in [0.2, 0.25) is 0 Å². The number of hydrogen-bond acceptors (Lipinski definition) is 10. The fourth-order valence-corrected chi connectivity index (χ4v) is 3.71. The van der Waals surface area contributed by atoms with Gasteiger partial charge in [-0.1, -0.05) is 12.8 Å². The summed E-state index contributed by atoms with van der Waals surface area (Å²) in [5.41, 5.74) is -1.45. The molecule has 0 aliphatic heterocycles. The lowest BCUT2D eigenvalue weighted by atomic mass is 10.2. The molecule has 0 spiro atoms. The van der Waals surface area contributed by atoms with Gasteiger partial charge in [0.05, 0.1) is 13.2 Å². The van der Waals surface area contributed by atoms with Crippen molar-refractivity contribution in [2.75, 3.05) is 39.3 Å². The van der Waals surface area contributed by atoms with Crippen LogP contribution in [0.25, 0.3) is 0 Å². The Morgan fingerprint density at radius 3 is 2.00 bits per heavy atom. The van der Waals surface area contributed by atoms with Crippen LogP contribution in [0.3, 0.4) is 0 Å². The van der Waals surface area contributed by atoms with Gasteiger partial charge in [-0.2, -0.15) is 0 Å². The fourth-order valence-electron chi connectivity index (χ4n) is 3.71. The van der Waals surface area contributed by atoms with Crippen LogP contribution < -0.4 is 26.6 Å². The van der Waals surface area contributed by atoms with E-state index in [0.717, 1.165) is 12.8 Å². The maximum atomic E-state index is 12.6. The number of carbonyl (C=O) groups excluding carboxylic acids is 4. The van der Waals surface area contributed by atoms with E-state index in [-0.39, 0.29) is 44.1 Å². The molecule has 7 N–H and O–H groups in total. The maximum Gasteiger partial charge on any atom is 0.414 e. The van der Waals surface area contributed by atoms with Gasteiger partial charge < -0.3 is 45.3 Å². The topological polar surface area (TPSA) is 246 Å². The molecule has 18 heteroatoms. The summed E-state index contributed by atoms with van der Waals surface area (Å²) in [6.45, 7) is 13.1. The highest BCUT2D eigenvalue weighted by Crippen LogP contribution is 2.12. The highest BCUT2D eigenvalue weighted by molar-refractivity contribution is 6.00. The zero-order chi connectivity index (χ0) is 36.8. The molecule has 0 radical (unpaired) electrons. The van der Waals surface area contributed by atoms with Gasteiger partial charge in [0.15, 0.2) is 0 Å². The number of carboxylic acid groups (broad SMARTS) is 2. The molecule has 0 saturated heterocycles. The molecule has 48 heavy (non-hydrogen) atoms. The van der Waals surface area contributed by atoms with Crippen LogP contribution in [0.4, 0.5) is 24.0 Å². The Bertz CT molecular complexity index is 1070. The summed E-state index contributed by atoms with van der Waals surface area (Å²) in [7, 11) is 0. The summed E-state index contributed by atoms with van der Waals surface area (Å²) in [5.74, 6) is -0.608. The van der Waals surface area contributed by atoms with Crippen LogP contribution in [0, 0.1) is 0 Å². The summed E-state index contributed by atoms with van der Waals surface area (Å²) in [6.07, 6.45) is -0.473. The van der Waals surface area contributed by atoms with Crippen molar-refractivity contribution in [1.29, 1.82) is 0 Å². The van der Waals surface area contributed by atoms with Crippen LogP contribution in [0.1, 0.15) is 93.4 Å². The zero-order valence-electron chi connectivity index (χ0n) is 29.2. The van der Waals surface area contributed by atoms with E-state index >= 15 is 0 Å². The Labute approximate surface area is 282 Å². The molecular formula is C30H55N7O11. The van der Waals surface area contributed by atoms with E-state index in [4.69, 9.17) is 24.4 Å². The molecule has 1 atom stereocenters. The highest BCUT2D eigenvalue weighted by atomic mass is 16.6. The Kier molecular flexibility index (Phi) is 20.8. The predicted octanol–water partition coefficient (Wildman–Crippen LogP) is 3.60. The second-order valence-electron chi connectivity index (χ2n) is 12.9. The standard InChI is InChI=1S/C30H55N7O11/c1-21(34-24(39)40)14-18-37(28(45)48-30(5,6)7)17-12-13-19-46-26(43)33-20-22(38)31-15-10-8-9-11-16-32-23(35-25(41)42)36-27(44)47-29(2,3)4/h21,34H,8-20H2,1-7H3,(H,31,38)(H,33,43)(H,39,40)(H,41,42)(H2,32,35,36,44)/t21-/m1/s1. The van der Waals surface area contributed by atoms with Crippen LogP contribution in [-0.2, 0) is 19.0 Å². The highest BCUT2D eigenvalue weighted by Gasteiger charge is 2.23. The number of nitrogens with one attached hydrogen (secondary N) is 5. The van der Waals surface area contributed by atoms with Gasteiger partial charge in [0.1, 0.15) is 11.2 Å². The summed E-state index contributed by atoms with van der Waals surface area (Å²) < 4.78 is 15.6. The van der Waals surface area contributed by atoms with Gasteiger partial charge in [0.2, 0.25) is 11.9 Å². The predicted molar refractivity (Wildman–Crippen MR) is 176 cm³/mol. The van der Waals surface area contributed by atoms with Gasteiger partial charge in [-0.15, -0.1) is 0 Å². The van der Waals surface area contributed by atoms with E-state index < -0.39 is 41.7 Å². The molecule has 6 amide bonds. The van der Waals surface area contributed by atoms with Crippen LogP contribution in [0.15, 0.2) is 4.99 Å². The molecule has 0 rings (SSSR count). The number of alkyl carbamates (subject to hydrolysis) is 2. The van der Waals surface area contributed by atoms with Gasteiger partial charge in [0, 0.05) is 32.2 Å². The van der Waals surface area contributed by atoms with Crippen LogP contribution >= 0.6 is 0 Å². The van der Waals surface area contributed by atoms with E-state index in [9.17, 15) is 28.8 Å². The minimum atomic E-state index is -1.38. The van der Waals surface area contributed by atoms with Crippen LogP contribution in [-0.4, -0.2) is 114 Å². The molecule has 0 aromatic carbocycles. The van der Waals surface area contributed by atoms with Crippen molar-refractivity contribution in [2.24, 2.45) is 4.99 Å². The van der Waals surface area contributed by atoms with Crippen molar-refractivity contribution < 1.29 is 53.2 Å². The van der Waals surface area contributed by atoms with Crippen molar-refractivity contribution in [2.45, 2.75) is 111 Å². The SMILES string of the molecule is C[C@H](CCN(CCCCOC(=O)NCC(=O)NCCCCCCN=C(NC(=O)O)NC(=O)OC(C)(C)C)C(=O)OC(C)(C)C)NC(=O)O. The van der Waals surface area contributed by atoms with Crippen molar-refractivity contribution in [3.8, 4) is 0 Å². The van der Waals surface area contributed by atoms with Crippen LogP contribution in [0.5, 0.6) is 0 Å². The molecule has 0 aliphatic carbocycles. The molecule has 0 bridgehead atoms. The molecule has 0 saturated carbocycles. The molecule has 276 valence electrons. The first-order valence-corrected chi connectivity index (χ1v) is 16.0. The Morgan fingerprint density at radius 1 is 0.750 bits per heavy atom. The number of unbranched alkanes of at least 4 members (excludes halogenated alkanes) is 4. The number of amides is 6. The summed E-state index contributed by atoms with van der Waals surface area (Å²) in [4.78, 5) is 75.7. The normalized spacial score (nSPS) is 12.2. The minimum Gasteiger partial charge on any atom is -0.465 e. The molecule has 0 aromatic rings. The van der Waals surface area contributed by atoms with Crippen molar-refractivity contribution in [3.05, 3.63) is 0 Å². The first-order chi connectivity index (χ1) is 22.3. The molecular weight excluding hydrogens is 634 g/mol. The number of guanidine groups is 1. The molecule has 18 nitrogen and oxygen atoms in total. The van der Waals surface area contributed by atoms with Gasteiger partial charge in [0.25, 0.3) is 0 Å². The van der Waals surface area contributed by atoms with E-state index in [0.29, 0.717) is 45.2 Å². The van der Waals surface area contributed by atoms with Crippen molar-refractivity contribution >= 4 is 42.3 Å². The minimum absolute atomic E-state index is 0.0710. The monoisotopic (exact) mass is 689 g/mol. The second-order valence-corrected chi connectivity index (χ2v) is 12.9. The quantitative estimate of drug-likeness (QED) is 0.0474. The molecule has 0 aromatic heterocycles. The number of nitrogens with zero attached hydrogens (tertiary/aromatic N) is 2. The lowest BCUT2D eigenvalue weighted by Crippen LogP contribution is -2.45. The molecule has 0 fully saturated rings. The molecule has 0 unspecified atom stereocenters. The smallest absolute Gasteiger partial charge is 0.414 e. The summed E-state index contributed by atoms with van der Waals surface area (Å²) in [5, 5.41) is 29.5. The fraction of sp³-hybridized carbons (Fsp3) is 0.767. The lowest BCUT2D eigenvalue weighted by Gasteiger charge is -2.28. The second kappa shape index (κ2) is 22.9. The Morgan fingerprint density at radius 2 is 1.40 bits per heavy atom. The zero-order valence-corrected chi connectivity index (χ0v) is 29.2. The van der Waals surface area contributed by atoms with Gasteiger partial charge in [-0.25, -0.2) is 24.0 Å². The van der Waals surface area contributed by atoms with Crippen molar-refractivity contribution in [3.63, 3.8) is 0 Å². The number of aliphatic imine (C=N–C) groups is 1. The third-order valence-corrected chi connectivity index (χ3v) is 5.82. The van der Waals surface area contributed by atoms with E-state index in [2.05, 4.69) is 26.3 Å². The average molecular weight is 690 g/mol. The number of ether oxygens (including phenoxy) is 3. The maximum absolute atomic E-state index is 12.6. The first-order valence-electron chi connectivity index (χ1n) is 16.0. The third kappa shape index (κ3) is 26.7. The number of hydrogen-bond donors (Lipinski definition) is 7. The van der Waals surface area contributed by atoms with Crippen molar-refractivity contribution in [1.82, 2.24) is 31.5 Å². The summed E-state index contributed by atoms with van der Waals surface area (Å²) >= 11 is 0. The Balaban J connectivity index is 4.23. The largest absolute Gasteiger partial charge is 0.465 e. The van der Waals surface area contributed by atoms with E-state index in [1.807, 2.05) is 5.32 Å². The number of carbonyl (C=O) groups is 6. The Hall–Kier alpha value is -4.51. The molecule has 0 aliphatic rings. The first kappa shape index (κ1) is 43.5. The lowest BCUT2D eigenvalue weighted by molar-refractivity contribution is -0.120. The number of rotatable bonds is 18. The van der Waals surface area contributed by atoms with Gasteiger partial charge >= 0.3 is 30.5 Å². The third-order valence-electron chi connectivity index (χ3n) is 5.82. The van der Waals surface area contributed by atoms with E-state index in [1.165, 1.54) is 4.90 Å². The molecule has 0 heterocycles. The summed E-state index contributed by atoms with van der Waals surface area (Å²) in [6, 6.07) is -0.357. The van der Waals surface area contributed by atoms with E-state index in [1.54, 1.807) is 48.5 Å². The van der Waals surface area contributed by atoms with Gasteiger partial charge in [-0.3, -0.25) is 20.4 Å². The average Bonchev–Trinajstić information content (AvgIpc) is 2.91.